The van der Waals surface area contributed by atoms with Gasteiger partial charge in [-0.3, -0.25) is 9.59 Å². The molecule has 0 aromatic heterocycles. The maximum Gasteiger partial charge on any atom is 0.313 e. The van der Waals surface area contributed by atoms with E-state index in [0.29, 0.717) is 18.0 Å². The number of hydrogen-bond acceptors (Lipinski definition) is 4. The van der Waals surface area contributed by atoms with Gasteiger partial charge in [-0.25, -0.2) is 0 Å². The van der Waals surface area contributed by atoms with Gasteiger partial charge in [0.15, 0.2) is 0 Å². The zero-order chi connectivity index (χ0) is 20.1. The van der Waals surface area contributed by atoms with E-state index in [-0.39, 0.29) is 11.3 Å². The predicted octanol–water partition coefficient (Wildman–Crippen LogP) is 2.89. The Hall–Kier alpha value is -3.04. The van der Waals surface area contributed by atoms with Crippen LogP contribution in [0.5, 0.6) is 0 Å². The lowest BCUT2D eigenvalue weighted by atomic mass is 9.98. The molecule has 2 amide bonds. The van der Waals surface area contributed by atoms with Gasteiger partial charge in [-0.05, 0) is 54.7 Å². The Kier molecular flexibility index (Phi) is 6.17. The Morgan fingerprint density at radius 3 is 2.82 bits per heavy atom. The fraction of sp³-hybridized carbons (Fsp3) is 0.286. The van der Waals surface area contributed by atoms with Crippen LogP contribution in [0.1, 0.15) is 23.1 Å². The summed E-state index contributed by atoms with van der Waals surface area (Å²) in [5, 5.41) is 14.5. The van der Waals surface area contributed by atoms with Crippen molar-refractivity contribution in [1.82, 2.24) is 5.32 Å². The lowest BCUT2D eigenvalue weighted by Crippen LogP contribution is -2.36. The average molecular weight is 397 g/mol. The van der Waals surface area contributed by atoms with Crippen LogP contribution < -0.4 is 15.5 Å². The molecular formula is C21H21ClN4O2. The number of carbonyl (C=O) groups excluding carboxylic acids is 2. The lowest BCUT2D eigenvalue weighted by Gasteiger charge is -2.27. The first kappa shape index (κ1) is 19.7. The summed E-state index contributed by atoms with van der Waals surface area (Å²) < 4.78 is 0. The molecule has 7 heteroatoms. The first-order chi connectivity index (χ1) is 13.5. The van der Waals surface area contributed by atoms with Gasteiger partial charge in [-0.2, -0.15) is 5.26 Å². The number of nitriles is 1. The van der Waals surface area contributed by atoms with Crippen molar-refractivity contribution in [3.8, 4) is 6.07 Å². The highest BCUT2D eigenvalue weighted by atomic mass is 35.5. The summed E-state index contributed by atoms with van der Waals surface area (Å²) in [6, 6.07) is 12.8. The van der Waals surface area contributed by atoms with E-state index >= 15 is 0 Å². The number of aryl methyl sites for hydroxylation is 1. The van der Waals surface area contributed by atoms with Crippen molar-refractivity contribution in [3.05, 3.63) is 58.1 Å². The van der Waals surface area contributed by atoms with Crippen molar-refractivity contribution in [2.45, 2.75) is 19.3 Å². The second-order valence-corrected chi connectivity index (χ2v) is 7.19. The molecule has 1 aliphatic rings. The summed E-state index contributed by atoms with van der Waals surface area (Å²) in [6.07, 6.45) is 2.83. The van der Waals surface area contributed by atoms with E-state index in [1.807, 2.05) is 6.07 Å². The van der Waals surface area contributed by atoms with Crippen LogP contribution in [0.15, 0.2) is 36.4 Å². The van der Waals surface area contributed by atoms with Crippen LogP contribution in [-0.2, 0) is 22.4 Å². The number of rotatable bonds is 4. The summed E-state index contributed by atoms with van der Waals surface area (Å²) in [7, 11) is 2.09. The zero-order valence-corrected chi connectivity index (χ0v) is 16.3. The number of nitrogens with zero attached hydrogens (tertiary/aromatic N) is 2. The van der Waals surface area contributed by atoms with E-state index in [4.69, 9.17) is 16.9 Å². The highest BCUT2D eigenvalue weighted by molar-refractivity contribution is 6.40. The van der Waals surface area contributed by atoms with Crippen molar-refractivity contribution in [1.29, 1.82) is 5.26 Å². The van der Waals surface area contributed by atoms with Gasteiger partial charge in [0.1, 0.15) is 6.07 Å². The van der Waals surface area contributed by atoms with Crippen molar-refractivity contribution in [3.63, 3.8) is 0 Å². The number of fused-ring (bicyclic) bond motifs is 1. The lowest BCUT2D eigenvalue weighted by molar-refractivity contribution is -0.136. The van der Waals surface area contributed by atoms with E-state index in [0.717, 1.165) is 24.9 Å². The molecule has 0 fully saturated rings. The Morgan fingerprint density at radius 2 is 2.04 bits per heavy atom. The van der Waals surface area contributed by atoms with Gasteiger partial charge in [0.05, 0.1) is 11.3 Å². The minimum atomic E-state index is -0.828. The van der Waals surface area contributed by atoms with E-state index in [9.17, 15) is 9.59 Å². The standard InChI is InChI=1S/C21H21ClN4O2/c1-26-10-2-3-15-11-14(4-7-19(15)26)8-9-24-20(27)21(28)25-18-12-17(22)6-5-16(18)13-23/h4-7,11-12H,2-3,8-10H2,1H3,(H,24,27)(H,25,28). The molecular weight excluding hydrogens is 376 g/mol. The van der Waals surface area contributed by atoms with Crippen molar-refractivity contribution in [2.24, 2.45) is 0 Å². The fourth-order valence-corrected chi connectivity index (χ4v) is 3.46. The smallest absolute Gasteiger partial charge is 0.313 e. The number of halogens is 1. The third-order valence-corrected chi connectivity index (χ3v) is 4.99. The van der Waals surface area contributed by atoms with Crippen LogP contribution in [0.2, 0.25) is 5.02 Å². The molecule has 0 bridgehead atoms. The number of hydrogen-bond donors (Lipinski definition) is 2. The largest absolute Gasteiger partial charge is 0.374 e. The molecule has 2 N–H and O–H groups in total. The number of benzene rings is 2. The number of anilines is 2. The van der Waals surface area contributed by atoms with Crippen LogP contribution in [0, 0.1) is 11.3 Å². The summed E-state index contributed by atoms with van der Waals surface area (Å²) in [5.41, 5.74) is 4.16. The van der Waals surface area contributed by atoms with Gasteiger partial charge in [-0.1, -0.05) is 23.7 Å². The Bertz CT molecular complexity index is 952. The Balaban J connectivity index is 1.54. The van der Waals surface area contributed by atoms with Crippen molar-refractivity contribution in [2.75, 3.05) is 30.4 Å². The quantitative estimate of drug-likeness (QED) is 0.778. The molecule has 0 saturated carbocycles. The molecule has 0 saturated heterocycles. The number of carbonyl (C=O) groups is 2. The third-order valence-electron chi connectivity index (χ3n) is 4.75. The topological polar surface area (TPSA) is 85.2 Å². The number of nitrogens with one attached hydrogen (secondary N) is 2. The molecule has 0 unspecified atom stereocenters. The molecule has 0 aliphatic carbocycles. The van der Waals surface area contributed by atoms with Gasteiger partial charge in [0, 0.05) is 30.8 Å². The van der Waals surface area contributed by atoms with Gasteiger partial charge < -0.3 is 15.5 Å². The highest BCUT2D eigenvalue weighted by Crippen LogP contribution is 2.26. The maximum absolute atomic E-state index is 12.1. The molecule has 0 spiro atoms. The minimum Gasteiger partial charge on any atom is -0.374 e. The van der Waals surface area contributed by atoms with E-state index in [1.165, 1.54) is 23.4 Å². The van der Waals surface area contributed by atoms with Gasteiger partial charge >= 0.3 is 11.8 Å². The van der Waals surface area contributed by atoms with Gasteiger partial charge in [-0.15, -0.1) is 0 Å². The fourth-order valence-electron chi connectivity index (χ4n) is 3.29. The van der Waals surface area contributed by atoms with Crippen LogP contribution >= 0.6 is 11.6 Å². The molecule has 0 radical (unpaired) electrons. The molecule has 2 aromatic carbocycles. The summed E-state index contributed by atoms with van der Waals surface area (Å²) in [4.78, 5) is 26.4. The normalized spacial score (nSPS) is 12.7. The van der Waals surface area contributed by atoms with Crippen LogP contribution in [0.4, 0.5) is 11.4 Å². The van der Waals surface area contributed by atoms with Crippen molar-refractivity contribution < 1.29 is 9.59 Å². The summed E-state index contributed by atoms with van der Waals surface area (Å²) >= 11 is 5.88. The van der Waals surface area contributed by atoms with Crippen LogP contribution in [-0.4, -0.2) is 32.0 Å². The van der Waals surface area contributed by atoms with Crippen LogP contribution in [0.25, 0.3) is 0 Å². The molecule has 6 nitrogen and oxygen atoms in total. The van der Waals surface area contributed by atoms with E-state index < -0.39 is 11.8 Å². The van der Waals surface area contributed by atoms with Gasteiger partial charge in [0.2, 0.25) is 0 Å². The van der Waals surface area contributed by atoms with Crippen LogP contribution in [0.3, 0.4) is 0 Å². The Morgan fingerprint density at radius 1 is 1.21 bits per heavy atom. The monoisotopic (exact) mass is 396 g/mol. The average Bonchev–Trinajstić information content (AvgIpc) is 2.68. The zero-order valence-electron chi connectivity index (χ0n) is 15.6. The molecule has 0 atom stereocenters. The molecule has 28 heavy (non-hydrogen) atoms. The molecule has 2 aromatic rings. The van der Waals surface area contributed by atoms with Crippen molar-refractivity contribution >= 4 is 34.8 Å². The Labute approximate surface area is 169 Å². The van der Waals surface area contributed by atoms with E-state index in [1.54, 1.807) is 6.07 Å². The molecule has 1 heterocycles. The molecule has 144 valence electrons. The second-order valence-electron chi connectivity index (χ2n) is 6.75. The van der Waals surface area contributed by atoms with E-state index in [2.05, 4.69) is 40.8 Å². The SMILES string of the molecule is CN1CCCc2cc(CCNC(=O)C(=O)Nc3cc(Cl)ccc3C#N)ccc21. The summed E-state index contributed by atoms with van der Waals surface area (Å²) in [6.45, 7) is 1.42. The predicted molar refractivity (Wildman–Crippen MR) is 110 cm³/mol. The second kappa shape index (κ2) is 8.77. The maximum atomic E-state index is 12.1. The number of amides is 2. The highest BCUT2D eigenvalue weighted by Gasteiger charge is 2.16. The minimum absolute atomic E-state index is 0.217. The first-order valence-corrected chi connectivity index (χ1v) is 9.47. The summed E-state index contributed by atoms with van der Waals surface area (Å²) in [5.74, 6) is -1.58. The molecule has 1 aliphatic heterocycles. The first-order valence-electron chi connectivity index (χ1n) is 9.09. The molecule has 3 rings (SSSR count). The third kappa shape index (κ3) is 4.62. The van der Waals surface area contributed by atoms with Gasteiger partial charge in [0.25, 0.3) is 0 Å².